The Morgan fingerprint density at radius 1 is 1.19 bits per heavy atom. The van der Waals surface area contributed by atoms with Crippen LogP contribution < -0.4 is 4.72 Å². The van der Waals surface area contributed by atoms with E-state index >= 15 is 0 Å². The van der Waals surface area contributed by atoms with Crippen molar-refractivity contribution < 1.29 is 8.42 Å². The molecule has 0 atom stereocenters. The third kappa shape index (κ3) is 3.43. The Bertz CT molecular complexity index is 306. The lowest BCUT2D eigenvalue weighted by Gasteiger charge is -2.43. The lowest BCUT2D eigenvalue weighted by atomic mass is 9.81. The SMILES string of the molecule is CCS(=O)(=O)NCC1(N(C)C)CCCCC1. The summed E-state index contributed by atoms with van der Waals surface area (Å²) in [4.78, 5) is 2.18. The highest BCUT2D eigenvalue weighted by Gasteiger charge is 2.34. The zero-order valence-corrected chi connectivity index (χ0v) is 11.4. The monoisotopic (exact) mass is 248 g/mol. The van der Waals surface area contributed by atoms with Crippen LogP contribution >= 0.6 is 0 Å². The van der Waals surface area contributed by atoms with Crippen molar-refractivity contribution in [2.24, 2.45) is 0 Å². The van der Waals surface area contributed by atoms with Gasteiger partial charge in [0.1, 0.15) is 0 Å². The average Bonchev–Trinajstić information content (AvgIpc) is 2.28. The molecule has 1 saturated carbocycles. The lowest BCUT2D eigenvalue weighted by Crippen LogP contribution is -2.53. The molecule has 0 saturated heterocycles. The van der Waals surface area contributed by atoms with Gasteiger partial charge in [-0.1, -0.05) is 19.3 Å². The molecule has 0 bridgehead atoms. The molecule has 0 heterocycles. The molecule has 5 heteroatoms. The van der Waals surface area contributed by atoms with Gasteiger partial charge in [-0.05, 0) is 33.9 Å². The maximum atomic E-state index is 11.5. The van der Waals surface area contributed by atoms with Crippen LogP contribution in [0.3, 0.4) is 0 Å². The second-order valence-corrected chi connectivity index (χ2v) is 7.00. The van der Waals surface area contributed by atoms with Crippen LogP contribution in [-0.4, -0.2) is 45.2 Å². The van der Waals surface area contributed by atoms with E-state index in [1.165, 1.54) is 19.3 Å². The van der Waals surface area contributed by atoms with E-state index in [0.29, 0.717) is 6.54 Å². The fraction of sp³-hybridized carbons (Fsp3) is 1.00. The molecule has 96 valence electrons. The topological polar surface area (TPSA) is 49.4 Å². The molecule has 0 radical (unpaired) electrons. The smallest absolute Gasteiger partial charge is 0.211 e. The van der Waals surface area contributed by atoms with E-state index in [0.717, 1.165) is 12.8 Å². The Kier molecular flexibility index (Phi) is 4.76. The zero-order valence-electron chi connectivity index (χ0n) is 10.6. The first-order chi connectivity index (χ1) is 7.42. The van der Waals surface area contributed by atoms with Crippen molar-refractivity contribution >= 4 is 10.0 Å². The number of nitrogens with zero attached hydrogens (tertiary/aromatic N) is 1. The molecule has 0 amide bonds. The number of hydrogen-bond donors (Lipinski definition) is 1. The Hall–Kier alpha value is -0.130. The minimum absolute atomic E-state index is 0.0283. The molecule has 0 aromatic heterocycles. The first kappa shape index (κ1) is 13.9. The highest BCUT2D eigenvalue weighted by atomic mass is 32.2. The normalized spacial score (nSPS) is 21.2. The van der Waals surface area contributed by atoms with Crippen LogP contribution in [-0.2, 0) is 10.0 Å². The minimum Gasteiger partial charge on any atom is -0.302 e. The van der Waals surface area contributed by atoms with Crippen molar-refractivity contribution in [2.75, 3.05) is 26.4 Å². The molecule has 0 spiro atoms. The van der Waals surface area contributed by atoms with Gasteiger partial charge in [0.2, 0.25) is 10.0 Å². The van der Waals surface area contributed by atoms with E-state index in [1.54, 1.807) is 6.92 Å². The summed E-state index contributed by atoms with van der Waals surface area (Å²) in [6, 6.07) is 0. The summed E-state index contributed by atoms with van der Waals surface area (Å²) in [5.41, 5.74) is 0.0283. The summed E-state index contributed by atoms with van der Waals surface area (Å²) < 4.78 is 25.7. The predicted octanol–water partition coefficient (Wildman–Crippen LogP) is 1.19. The van der Waals surface area contributed by atoms with E-state index in [4.69, 9.17) is 0 Å². The maximum absolute atomic E-state index is 11.5. The van der Waals surface area contributed by atoms with Gasteiger partial charge in [0.25, 0.3) is 0 Å². The average molecular weight is 248 g/mol. The van der Waals surface area contributed by atoms with Gasteiger partial charge < -0.3 is 4.90 Å². The summed E-state index contributed by atoms with van der Waals surface area (Å²) in [7, 11) is 1.03. The molecule has 0 aliphatic heterocycles. The fourth-order valence-electron chi connectivity index (χ4n) is 2.34. The number of nitrogens with one attached hydrogen (secondary N) is 1. The summed E-state index contributed by atoms with van der Waals surface area (Å²) in [5, 5.41) is 0. The molecule has 1 rings (SSSR count). The van der Waals surface area contributed by atoms with Crippen LogP contribution in [0.4, 0.5) is 0 Å². The molecule has 1 aliphatic rings. The Morgan fingerprint density at radius 2 is 1.75 bits per heavy atom. The summed E-state index contributed by atoms with van der Waals surface area (Å²) in [6.07, 6.45) is 5.85. The summed E-state index contributed by atoms with van der Waals surface area (Å²) in [6.45, 7) is 2.22. The second-order valence-electron chi connectivity index (χ2n) is 4.90. The largest absolute Gasteiger partial charge is 0.302 e. The van der Waals surface area contributed by atoms with E-state index in [-0.39, 0.29) is 11.3 Å². The van der Waals surface area contributed by atoms with Crippen LogP contribution in [0, 0.1) is 0 Å². The van der Waals surface area contributed by atoms with Crippen molar-refractivity contribution in [1.29, 1.82) is 0 Å². The molecule has 16 heavy (non-hydrogen) atoms. The molecular formula is C11H24N2O2S. The van der Waals surface area contributed by atoms with Crippen LogP contribution in [0.2, 0.25) is 0 Å². The summed E-state index contributed by atoms with van der Waals surface area (Å²) >= 11 is 0. The fourth-order valence-corrected chi connectivity index (χ4v) is 3.03. The lowest BCUT2D eigenvalue weighted by molar-refractivity contribution is 0.105. The van der Waals surface area contributed by atoms with Crippen LogP contribution in [0.5, 0.6) is 0 Å². The molecule has 1 N–H and O–H groups in total. The first-order valence-corrected chi connectivity index (χ1v) is 7.72. The molecule has 1 aliphatic carbocycles. The standard InChI is InChI=1S/C11H24N2O2S/c1-4-16(14,15)12-10-11(13(2)3)8-6-5-7-9-11/h12H,4-10H2,1-3H3. The molecular weight excluding hydrogens is 224 g/mol. The van der Waals surface area contributed by atoms with Crippen molar-refractivity contribution in [3.05, 3.63) is 0 Å². The van der Waals surface area contributed by atoms with Gasteiger partial charge in [0.15, 0.2) is 0 Å². The molecule has 4 nitrogen and oxygen atoms in total. The van der Waals surface area contributed by atoms with Crippen molar-refractivity contribution in [1.82, 2.24) is 9.62 Å². The van der Waals surface area contributed by atoms with E-state index in [9.17, 15) is 8.42 Å². The van der Waals surface area contributed by atoms with Crippen LogP contribution in [0.25, 0.3) is 0 Å². The van der Waals surface area contributed by atoms with Crippen molar-refractivity contribution in [3.8, 4) is 0 Å². The first-order valence-electron chi connectivity index (χ1n) is 6.07. The second kappa shape index (κ2) is 5.47. The number of hydrogen-bond acceptors (Lipinski definition) is 3. The van der Waals surface area contributed by atoms with Gasteiger partial charge >= 0.3 is 0 Å². The van der Waals surface area contributed by atoms with Gasteiger partial charge in [-0.2, -0.15) is 0 Å². The van der Waals surface area contributed by atoms with E-state index in [1.807, 2.05) is 14.1 Å². The summed E-state index contributed by atoms with van der Waals surface area (Å²) in [5.74, 6) is 0.163. The predicted molar refractivity (Wildman–Crippen MR) is 67.0 cm³/mol. The highest BCUT2D eigenvalue weighted by molar-refractivity contribution is 7.89. The van der Waals surface area contributed by atoms with Gasteiger partial charge in [-0.25, -0.2) is 13.1 Å². The van der Waals surface area contributed by atoms with Gasteiger partial charge in [-0.15, -0.1) is 0 Å². The molecule has 1 fully saturated rings. The molecule has 0 aromatic carbocycles. The van der Waals surface area contributed by atoms with Gasteiger partial charge in [0, 0.05) is 12.1 Å². The number of sulfonamides is 1. The Balaban J connectivity index is 2.65. The molecule has 0 aromatic rings. The Morgan fingerprint density at radius 3 is 2.19 bits per heavy atom. The third-order valence-electron chi connectivity index (χ3n) is 3.73. The van der Waals surface area contributed by atoms with E-state index in [2.05, 4.69) is 9.62 Å². The third-order valence-corrected chi connectivity index (χ3v) is 5.08. The molecule has 0 unspecified atom stereocenters. The van der Waals surface area contributed by atoms with Crippen molar-refractivity contribution in [3.63, 3.8) is 0 Å². The zero-order chi connectivity index (χ0) is 12.2. The number of rotatable bonds is 5. The maximum Gasteiger partial charge on any atom is 0.211 e. The van der Waals surface area contributed by atoms with Gasteiger partial charge in [0.05, 0.1) is 5.75 Å². The highest BCUT2D eigenvalue weighted by Crippen LogP contribution is 2.31. The van der Waals surface area contributed by atoms with Gasteiger partial charge in [-0.3, -0.25) is 0 Å². The quantitative estimate of drug-likeness (QED) is 0.795. The van der Waals surface area contributed by atoms with Crippen molar-refractivity contribution in [2.45, 2.75) is 44.6 Å². The number of likely N-dealkylation sites (N-methyl/N-ethyl adjacent to an activating group) is 1. The van der Waals surface area contributed by atoms with Crippen LogP contribution in [0.1, 0.15) is 39.0 Å². The van der Waals surface area contributed by atoms with E-state index < -0.39 is 10.0 Å². The Labute approximate surface area is 99.5 Å². The minimum atomic E-state index is -3.07. The van der Waals surface area contributed by atoms with Crippen LogP contribution in [0.15, 0.2) is 0 Å².